The molecule has 1 fully saturated rings. The first-order chi connectivity index (χ1) is 13.6. The summed E-state index contributed by atoms with van der Waals surface area (Å²) in [5.74, 6) is -0.228. The minimum Gasteiger partial charge on any atom is -0.367 e. The largest absolute Gasteiger partial charge is 0.367 e. The van der Waals surface area contributed by atoms with Crippen LogP contribution >= 0.6 is 0 Å². The van der Waals surface area contributed by atoms with Crippen molar-refractivity contribution in [3.05, 3.63) is 71.7 Å². The average molecular weight is 377 g/mol. The fraction of sp³-hybridized carbons (Fsp3) is 0.304. The smallest absolute Gasteiger partial charge is 0.224 e. The molecule has 1 aliphatic heterocycles. The quantitative estimate of drug-likeness (QED) is 0.747. The van der Waals surface area contributed by atoms with Gasteiger partial charge in [0, 0.05) is 30.7 Å². The first-order valence-corrected chi connectivity index (χ1v) is 9.73. The van der Waals surface area contributed by atoms with E-state index in [1.54, 1.807) is 12.3 Å². The second-order valence-corrected chi connectivity index (χ2v) is 7.48. The van der Waals surface area contributed by atoms with Crippen LogP contribution < -0.4 is 10.2 Å². The van der Waals surface area contributed by atoms with Gasteiger partial charge in [-0.05, 0) is 49.1 Å². The lowest BCUT2D eigenvalue weighted by molar-refractivity contribution is -0.121. The zero-order valence-electron chi connectivity index (χ0n) is 16.0. The number of rotatable bonds is 4. The number of pyridine rings is 1. The molecule has 1 aromatic heterocycles. The van der Waals surface area contributed by atoms with E-state index in [4.69, 9.17) is 0 Å². The molecule has 1 aliphatic rings. The van der Waals surface area contributed by atoms with Crippen molar-refractivity contribution in [2.24, 2.45) is 0 Å². The number of amides is 1. The molecule has 5 heteroatoms. The molecule has 0 spiro atoms. The van der Waals surface area contributed by atoms with Crippen LogP contribution in [0.15, 0.2) is 54.7 Å². The molecule has 0 aliphatic carbocycles. The molecule has 0 bridgehead atoms. The van der Waals surface area contributed by atoms with Crippen LogP contribution in [0.5, 0.6) is 0 Å². The third-order valence-electron chi connectivity index (χ3n) is 5.30. The summed E-state index contributed by atoms with van der Waals surface area (Å²) in [6.45, 7) is 3.39. The molecular weight excluding hydrogens is 353 g/mol. The highest BCUT2D eigenvalue weighted by Gasteiger charge is 2.23. The number of para-hydroxylation sites is 1. The van der Waals surface area contributed by atoms with Crippen molar-refractivity contribution < 1.29 is 9.18 Å². The summed E-state index contributed by atoms with van der Waals surface area (Å²) in [6, 6.07) is 15.0. The predicted octanol–water partition coefficient (Wildman–Crippen LogP) is 4.01. The number of carbonyl (C=O) groups excluding carboxylic acids is 1. The van der Waals surface area contributed by atoms with Crippen molar-refractivity contribution in [2.45, 2.75) is 32.2 Å². The fourth-order valence-electron chi connectivity index (χ4n) is 3.94. The Kier molecular flexibility index (Phi) is 5.24. The van der Waals surface area contributed by atoms with Crippen LogP contribution in [0.1, 0.15) is 24.0 Å². The van der Waals surface area contributed by atoms with E-state index < -0.39 is 0 Å². The monoisotopic (exact) mass is 377 g/mol. The van der Waals surface area contributed by atoms with Crippen LogP contribution in [0, 0.1) is 12.7 Å². The number of anilines is 1. The fourth-order valence-corrected chi connectivity index (χ4v) is 3.94. The molecule has 1 unspecified atom stereocenters. The van der Waals surface area contributed by atoms with E-state index in [-0.39, 0.29) is 17.8 Å². The number of aryl methyl sites for hydroxylation is 1. The van der Waals surface area contributed by atoms with Crippen LogP contribution in [0.25, 0.3) is 10.9 Å². The SMILES string of the molecule is Cc1ccc(F)c(N2CCCC(NC(=O)Cc3cccc4cccnc34)C2)c1. The molecule has 0 radical (unpaired) electrons. The van der Waals surface area contributed by atoms with Crippen LogP contribution in [0.3, 0.4) is 0 Å². The molecule has 4 rings (SSSR count). The molecule has 3 aromatic rings. The number of benzene rings is 2. The molecule has 2 aromatic carbocycles. The Morgan fingerprint density at radius 1 is 1.25 bits per heavy atom. The number of hydrogen-bond donors (Lipinski definition) is 1. The topological polar surface area (TPSA) is 45.2 Å². The maximum atomic E-state index is 14.2. The number of piperidine rings is 1. The van der Waals surface area contributed by atoms with E-state index in [0.717, 1.165) is 41.4 Å². The Hall–Kier alpha value is -2.95. The van der Waals surface area contributed by atoms with Crippen molar-refractivity contribution in [2.75, 3.05) is 18.0 Å². The molecule has 28 heavy (non-hydrogen) atoms. The minimum absolute atomic E-state index is 0.0177. The Balaban J connectivity index is 1.43. The van der Waals surface area contributed by atoms with Gasteiger partial charge in [0.1, 0.15) is 5.82 Å². The van der Waals surface area contributed by atoms with Gasteiger partial charge in [-0.3, -0.25) is 9.78 Å². The molecule has 4 nitrogen and oxygen atoms in total. The van der Waals surface area contributed by atoms with E-state index >= 15 is 0 Å². The van der Waals surface area contributed by atoms with Gasteiger partial charge in [0.15, 0.2) is 0 Å². The highest BCUT2D eigenvalue weighted by atomic mass is 19.1. The second-order valence-electron chi connectivity index (χ2n) is 7.48. The number of carbonyl (C=O) groups is 1. The van der Waals surface area contributed by atoms with Crippen molar-refractivity contribution in [3.8, 4) is 0 Å². The molecule has 1 amide bonds. The number of nitrogens with zero attached hydrogens (tertiary/aromatic N) is 2. The maximum Gasteiger partial charge on any atom is 0.224 e. The Bertz CT molecular complexity index is 999. The van der Waals surface area contributed by atoms with Crippen LogP contribution in [0.4, 0.5) is 10.1 Å². The zero-order chi connectivity index (χ0) is 19.5. The highest BCUT2D eigenvalue weighted by Crippen LogP contribution is 2.24. The lowest BCUT2D eigenvalue weighted by atomic mass is 10.0. The van der Waals surface area contributed by atoms with E-state index in [1.807, 2.05) is 48.2 Å². The molecule has 1 saturated heterocycles. The second kappa shape index (κ2) is 7.97. The standard InChI is InChI=1S/C23H24FN3O/c1-16-9-10-20(24)21(13-16)27-12-4-8-19(15-27)26-22(28)14-18-6-2-5-17-7-3-11-25-23(17)18/h2-3,5-7,9-11,13,19H,4,8,12,14-15H2,1H3,(H,26,28). The van der Waals surface area contributed by atoms with Gasteiger partial charge in [0.05, 0.1) is 17.6 Å². The summed E-state index contributed by atoms with van der Waals surface area (Å²) in [5.41, 5.74) is 3.45. The van der Waals surface area contributed by atoms with Crippen LogP contribution in [-0.4, -0.2) is 30.0 Å². The molecule has 2 heterocycles. The summed E-state index contributed by atoms with van der Waals surface area (Å²) in [6.07, 6.45) is 3.88. The molecular formula is C23H24FN3O. The Labute approximate surface area is 164 Å². The van der Waals surface area contributed by atoms with Gasteiger partial charge in [0.25, 0.3) is 0 Å². The number of aromatic nitrogens is 1. The van der Waals surface area contributed by atoms with Crippen molar-refractivity contribution in [3.63, 3.8) is 0 Å². The lowest BCUT2D eigenvalue weighted by Crippen LogP contribution is -2.48. The summed E-state index contributed by atoms with van der Waals surface area (Å²) < 4.78 is 14.2. The van der Waals surface area contributed by atoms with E-state index in [2.05, 4.69) is 10.3 Å². The third-order valence-corrected chi connectivity index (χ3v) is 5.30. The average Bonchev–Trinajstić information content (AvgIpc) is 2.70. The van der Waals surface area contributed by atoms with Crippen LogP contribution in [-0.2, 0) is 11.2 Å². The summed E-state index contributed by atoms with van der Waals surface area (Å²) in [7, 11) is 0. The Morgan fingerprint density at radius 2 is 2.11 bits per heavy atom. The van der Waals surface area contributed by atoms with E-state index in [0.29, 0.717) is 18.7 Å². The molecule has 1 N–H and O–H groups in total. The normalized spacial score (nSPS) is 16.9. The first kappa shape index (κ1) is 18.4. The molecule has 1 atom stereocenters. The number of hydrogen-bond acceptors (Lipinski definition) is 3. The first-order valence-electron chi connectivity index (χ1n) is 9.73. The summed E-state index contributed by atoms with van der Waals surface area (Å²) in [4.78, 5) is 19.1. The van der Waals surface area contributed by atoms with Gasteiger partial charge in [-0.1, -0.05) is 30.3 Å². The summed E-state index contributed by atoms with van der Waals surface area (Å²) >= 11 is 0. The van der Waals surface area contributed by atoms with E-state index in [9.17, 15) is 9.18 Å². The van der Waals surface area contributed by atoms with Crippen molar-refractivity contribution in [1.29, 1.82) is 0 Å². The number of halogens is 1. The third kappa shape index (κ3) is 3.98. The van der Waals surface area contributed by atoms with Gasteiger partial charge in [0.2, 0.25) is 5.91 Å². The minimum atomic E-state index is -0.209. The Morgan fingerprint density at radius 3 is 3.00 bits per heavy atom. The lowest BCUT2D eigenvalue weighted by Gasteiger charge is -2.35. The maximum absolute atomic E-state index is 14.2. The van der Waals surface area contributed by atoms with Gasteiger partial charge in [-0.25, -0.2) is 4.39 Å². The zero-order valence-corrected chi connectivity index (χ0v) is 16.0. The van der Waals surface area contributed by atoms with Gasteiger partial charge < -0.3 is 10.2 Å². The van der Waals surface area contributed by atoms with Crippen molar-refractivity contribution >= 4 is 22.5 Å². The van der Waals surface area contributed by atoms with Crippen molar-refractivity contribution in [1.82, 2.24) is 10.3 Å². The molecule has 0 saturated carbocycles. The van der Waals surface area contributed by atoms with Gasteiger partial charge in [-0.15, -0.1) is 0 Å². The van der Waals surface area contributed by atoms with Crippen LogP contribution in [0.2, 0.25) is 0 Å². The molecule has 144 valence electrons. The summed E-state index contributed by atoms with van der Waals surface area (Å²) in [5, 5.41) is 4.17. The van der Waals surface area contributed by atoms with Gasteiger partial charge in [-0.2, -0.15) is 0 Å². The van der Waals surface area contributed by atoms with E-state index in [1.165, 1.54) is 6.07 Å². The number of fused-ring (bicyclic) bond motifs is 1. The number of nitrogens with one attached hydrogen (secondary N) is 1. The predicted molar refractivity (Wildman–Crippen MR) is 110 cm³/mol. The van der Waals surface area contributed by atoms with Gasteiger partial charge >= 0.3 is 0 Å². The highest BCUT2D eigenvalue weighted by molar-refractivity contribution is 5.87.